The summed E-state index contributed by atoms with van der Waals surface area (Å²) in [5, 5.41) is 5.95. The summed E-state index contributed by atoms with van der Waals surface area (Å²) in [4.78, 5) is 22.9. The summed E-state index contributed by atoms with van der Waals surface area (Å²) in [5.74, 6) is -0.501. The predicted octanol–water partition coefficient (Wildman–Crippen LogP) is 0.452. The first kappa shape index (κ1) is 17.4. The number of anilines is 1. The number of halogens is 1. The van der Waals surface area contributed by atoms with Gasteiger partial charge >= 0.3 is 0 Å². The van der Waals surface area contributed by atoms with Crippen molar-refractivity contribution in [2.45, 2.75) is 25.5 Å². The Morgan fingerprint density at radius 3 is 2.62 bits per heavy atom. The van der Waals surface area contributed by atoms with E-state index >= 15 is 0 Å². The maximum absolute atomic E-state index is 12.1. The Hall–Kier alpha value is -1.63. The van der Waals surface area contributed by atoms with Gasteiger partial charge in [0.05, 0.1) is 19.1 Å². The van der Waals surface area contributed by atoms with E-state index in [0.29, 0.717) is 18.8 Å². The average molecular weight is 314 g/mol. The maximum Gasteiger partial charge on any atom is 0.244 e. The topological polar surface area (TPSA) is 93.4 Å². The Morgan fingerprint density at radius 2 is 2.05 bits per heavy atom. The molecule has 2 rings (SSSR count). The zero-order chi connectivity index (χ0) is 14.5. The van der Waals surface area contributed by atoms with Gasteiger partial charge in [0.25, 0.3) is 0 Å². The van der Waals surface area contributed by atoms with Gasteiger partial charge in [-0.05, 0) is 24.6 Å². The standard InChI is InChI=1S/C14H19N3O3.ClH/c1-9-13(16-6-7-20-9)14(19)17-11-4-2-10(3-5-11)8-12(15)18;/h2-5,9,13,16H,6-8H2,1H3,(H2,15,18)(H,17,19);1H/t9-,13+;/m1./s1. The first-order valence-corrected chi connectivity index (χ1v) is 6.59. The molecule has 0 spiro atoms. The van der Waals surface area contributed by atoms with Crippen LogP contribution in [0.2, 0.25) is 0 Å². The van der Waals surface area contributed by atoms with Gasteiger partial charge in [-0.25, -0.2) is 0 Å². The average Bonchev–Trinajstić information content (AvgIpc) is 2.41. The number of nitrogens with two attached hydrogens (primary N) is 1. The number of nitrogens with one attached hydrogen (secondary N) is 2. The van der Waals surface area contributed by atoms with Gasteiger partial charge in [0.2, 0.25) is 11.8 Å². The molecule has 6 nitrogen and oxygen atoms in total. The number of benzene rings is 1. The molecular formula is C14H20ClN3O3. The monoisotopic (exact) mass is 313 g/mol. The quantitative estimate of drug-likeness (QED) is 0.752. The Morgan fingerprint density at radius 1 is 1.38 bits per heavy atom. The van der Waals surface area contributed by atoms with Crippen LogP contribution >= 0.6 is 12.4 Å². The lowest BCUT2D eigenvalue weighted by Crippen LogP contribution is -2.53. The summed E-state index contributed by atoms with van der Waals surface area (Å²) in [6.07, 6.45) is 0.0430. The fourth-order valence-electron chi connectivity index (χ4n) is 2.15. The number of carbonyl (C=O) groups is 2. The molecule has 1 aliphatic heterocycles. The molecule has 116 valence electrons. The highest BCUT2D eigenvalue weighted by molar-refractivity contribution is 5.95. The fraction of sp³-hybridized carbons (Fsp3) is 0.429. The van der Waals surface area contributed by atoms with Crippen LogP contribution in [0.15, 0.2) is 24.3 Å². The number of morpholine rings is 1. The molecule has 1 saturated heterocycles. The van der Waals surface area contributed by atoms with Gasteiger partial charge in [-0.15, -0.1) is 12.4 Å². The molecule has 0 saturated carbocycles. The van der Waals surface area contributed by atoms with Crippen LogP contribution in [0.5, 0.6) is 0 Å². The third kappa shape index (κ3) is 5.00. The molecule has 0 unspecified atom stereocenters. The molecule has 1 aromatic rings. The Kier molecular flexibility index (Phi) is 6.61. The van der Waals surface area contributed by atoms with E-state index < -0.39 is 0 Å². The lowest BCUT2D eigenvalue weighted by Gasteiger charge is -2.29. The zero-order valence-electron chi connectivity index (χ0n) is 11.8. The van der Waals surface area contributed by atoms with Gasteiger partial charge < -0.3 is 21.1 Å². The van der Waals surface area contributed by atoms with Gasteiger partial charge in [0.15, 0.2) is 0 Å². The largest absolute Gasteiger partial charge is 0.375 e. The van der Waals surface area contributed by atoms with Crippen molar-refractivity contribution >= 4 is 29.9 Å². The number of hydrogen-bond acceptors (Lipinski definition) is 4. The van der Waals surface area contributed by atoms with Crippen LogP contribution < -0.4 is 16.4 Å². The van der Waals surface area contributed by atoms with Crippen molar-refractivity contribution in [1.82, 2.24) is 5.32 Å². The summed E-state index contributed by atoms with van der Waals surface area (Å²) in [5.41, 5.74) is 6.63. The minimum absolute atomic E-state index is 0. The minimum Gasteiger partial charge on any atom is -0.375 e. The zero-order valence-corrected chi connectivity index (χ0v) is 12.6. The molecule has 0 aliphatic carbocycles. The normalized spacial score (nSPS) is 21.2. The number of carbonyl (C=O) groups excluding carboxylic acids is 2. The molecule has 0 bridgehead atoms. The Bertz CT molecular complexity index is 493. The summed E-state index contributed by atoms with van der Waals surface area (Å²) in [6.45, 7) is 3.15. The molecule has 21 heavy (non-hydrogen) atoms. The number of primary amides is 1. The highest BCUT2D eigenvalue weighted by atomic mass is 35.5. The van der Waals surface area contributed by atoms with Crippen LogP contribution in [0, 0.1) is 0 Å². The van der Waals surface area contributed by atoms with Crippen molar-refractivity contribution in [2.24, 2.45) is 5.73 Å². The van der Waals surface area contributed by atoms with Gasteiger partial charge in [-0.2, -0.15) is 0 Å². The van der Waals surface area contributed by atoms with E-state index in [2.05, 4.69) is 10.6 Å². The fourth-order valence-corrected chi connectivity index (χ4v) is 2.15. The second-order valence-corrected chi connectivity index (χ2v) is 4.84. The Labute approximate surface area is 129 Å². The molecule has 1 heterocycles. The SMILES string of the molecule is C[C@H]1OCCN[C@@H]1C(=O)Nc1ccc(CC(N)=O)cc1.Cl. The number of amides is 2. The summed E-state index contributed by atoms with van der Waals surface area (Å²) in [7, 11) is 0. The molecule has 7 heteroatoms. The highest BCUT2D eigenvalue weighted by Gasteiger charge is 2.28. The van der Waals surface area contributed by atoms with Crippen molar-refractivity contribution in [3.05, 3.63) is 29.8 Å². The van der Waals surface area contributed by atoms with Crippen LogP contribution in [0.4, 0.5) is 5.69 Å². The van der Waals surface area contributed by atoms with Crippen molar-refractivity contribution < 1.29 is 14.3 Å². The van der Waals surface area contributed by atoms with Crippen LogP contribution in [0.1, 0.15) is 12.5 Å². The number of hydrogen-bond donors (Lipinski definition) is 3. The van der Waals surface area contributed by atoms with E-state index in [1.54, 1.807) is 24.3 Å². The highest BCUT2D eigenvalue weighted by Crippen LogP contribution is 2.12. The van der Waals surface area contributed by atoms with Crippen LogP contribution in [0.25, 0.3) is 0 Å². The van der Waals surface area contributed by atoms with E-state index in [1.807, 2.05) is 6.92 Å². The van der Waals surface area contributed by atoms with Crippen LogP contribution in [-0.4, -0.2) is 37.1 Å². The van der Waals surface area contributed by atoms with E-state index in [4.69, 9.17) is 10.5 Å². The van der Waals surface area contributed by atoms with Crippen molar-refractivity contribution in [3.8, 4) is 0 Å². The second-order valence-electron chi connectivity index (χ2n) is 4.84. The van der Waals surface area contributed by atoms with Gasteiger partial charge in [0, 0.05) is 12.2 Å². The summed E-state index contributed by atoms with van der Waals surface area (Å²) < 4.78 is 5.44. The van der Waals surface area contributed by atoms with Crippen LogP contribution in [-0.2, 0) is 20.7 Å². The molecule has 1 fully saturated rings. The molecule has 0 aromatic heterocycles. The van der Waals surface area contributed by atoms with Crippen LogP contribution in [0.3, 0.4) is 0 Å². The number of rotatable bonds is 4. The maximum atomic E-state index is 12.1. The first-order chi connectivity index (χ1) is 9.56. The smallest absolute Gasteiger partial charge is 0.244 e. The van der Waals surface area contributed by atoms with E-state index in [0.717, 1.165) is 5.56 Å². The molecule has 0 radical (unpaired) electrons. The third-order valence-electron chi connectivity index (χ3n) is 3.20. The van der Waals surface area contributed by atoms with E-state index in [9.17, 15) is 9.59 Å². The van der Waals surface area contributed by atoms with Gasteiger partial charge in [0.1, 0.15) is 6.04 Å². The van der Waals surface area contributed by atoms with Crippen molar-refractivity contribution in [2.75, 3.05) is 18.5 Å². The molecule has 4 N–H and O–H groups in total. The first-order valence-electron chi connectivity index (χ1n) is 6.59. The third-order valence-corrected chi connectivity index (χ3v) is 3.20. The number of ether oxygens (including phenoxy) is 1. The molecule has 1 aromatic carbocycles. The molecule has 1 aliphatic rings. The molecular weight excluding hydrogens is 294 g/mol. The van der Waals surface area contributed by atoms with Crippen molar-refractivity contribution in [1.29, 1.82) is 0 Å². The van der Waals surface area contributed by atoms with E-state index in [-0.39, 0.29) is 42.8 Å². The minimum atomic E-state index is -0.376. The molecule has 2 amide bonds. The van der Waals surface area contributed by atoms with Crippen molar-refractivity contribution in [3.63, 3.8) is 0 Å². The Balaban J connectivity index is 0.00000220. The van der Waals surface area contributed by atoms with E-state index in [1.165, 1.54) is 0 Å². The molecule has 2 atom stereocenters. The lowest BCUT2D eigenvalue weighted by molar-refractivity contribution is -0.123. The lowest BCUT2D eigenvalue weighted by atomic mass is 10.1. The second kappa shape index (κ2) is 7.97. The van der Waals surface area contributed by atoms with Gasteiger partial charge in [-0.1, -0.05) is 12.1 Å². The van der Waals surface area contributed by atoms with Gasteiger partial charge in [-0.3, -0.25) is 9.59 Å². The summed E-state index contributed by atoms with van der Waals surface area (Å²) >= 11 is 0. The summed E-state index contributed by atoms with van der Waals surface area (Å²) in [6, 6.07) is 6.70. The predicted molar refractivity (Wildman–Crippen MR) is 82.4 cm³/mol.